The third-order valence-electron chi connectivity index (χ3n) is 3.79. The van der Waals surface area contributed by atoms with Gasteiger partial charge in [-0.3, -0.25) is 19.7 Å². The van der Waals surface area contributed by atoms with Gasteiger partial charge in [0, 0.05) is 42.1 Å². The number of carbonyl (C=O) groups is 2. The zero-order valence-electron chi connectivity index (χ0n) is 15.1. The molecule has 0 atom stereocenters. The minimum atomic E-state index is -0.570. The number of anilines is 2. The molecule has 0 aliphatic carbocycles. The predicted molar refractivity (Wildman–Crippen MR) is 107 cm³/mol. The molecule has 0 heterocycles. The van der Waals surface area contributed by atoms with Crippen LogP contribution in [-0.2, 0) is 4.79 Å². The summed E-state index contributed by atoms with van der Waals surface area (Å²) in [6.45, 7) is 1.59. The number of aryl methyl sites for hydroxylation is 1. The number of nitrogens with one attached hydrogen (secondary N) is 2. The third-order valence-corrected chi connectivity index (χ3v) is 4.28. The van der Waals surface area contributed by atoms with Crippen LogP contribution < -0.4 is 15.5 Å². The molecule has 2 amide bonds. The Kier molecular flexibility index (Phi) is 6.51. The van der Waals surface area contributed by atoms with Gasteiger partial charge in [-0.2, -0.15) is 0 Å². The van der Waals surface area contributed by atoms with Gasteiger partial charge in [0.1, 0.15) is 0 Å². The smallest absolute Gasteiger partial charge is 0.270 e. The number of hydrogen-bond acceptors (Lipinski definition) is 5. The first kappa shape index (κ1) is 20.4. The number of nitro benzene ring substituents is 1. The van der Waals surface area contributed by atoms with Crippen LogP contribution in [0.1, 0.15) is 15.9 Å². The SMILES string of the molecule is Cc1cc(Br)ccc1NC(=O)CNC(=O)c1cc([N+](=O)[O-])ccc1N(C)C. The number of benzene rings is 2. The van der Waals surface area contributed by atoms with Crippen LogP contribution in [0.2, 0.25) is 0 Å². The summed E-state index contributed by atoms with van der Waals surface area (Å²) >= 11 is 3.35. The fraction of sp³-hybridized carbons (Fsp3) is 0.222. The van der Waals surface area contributed by atoms with Crippen molar-refractivity contribution in [3.05, 3.63) is 62.1 Å². The van der Waals surface area contributed by atoms with Gasteiger partial charge in [0.05, 0.1) is 17.0 Å². The number of hydrogen-bond donors (Lipinski definition) is 2. The highest BCUT2D eigenvalue weighted by Gasteiger charge is 2.18. The van der Waals surface area contributed by atoms with E-state index in [-0.39, 0.29) is 17.8 Å². The van der Waals surface area contributed by atoms with Gasteiger partial charge >= 0.3 is 0 Å². The van der Waals surface area contributed by atoms with Gasteiger partial charge in [0.2, 0.25) is 5.91 Å². The standard InChI is InChI=1S/C18H19BrN4O4/c1-11-8-12(19)4-6-15(11)21-17(24)10-20-18(25)14-9-13(23(26)27)5-7-16(14)22(2)3/h4-9H,10H2,1-3H3,(H,20,25)(H,21,24). The van der Waals surface area contributed by atoms with Gasteiger partial charge in [0.25, 0.3) is 11.6 Å². The summed E-state index contributed by atoms with van der Waals surface area (Å²) in [4.78, 5) is 36.7. The van der Waals surface area contributed by atoms with Gasteiger partial charge in [-0.1, -0.05) is 15.9 Å². The molecule has 9 heteroatoms. The van der Waals surface area contributed by atoms with Crippen LogP contribution in [-0.4, -0.2) is 37.4 Å². The molecule has 0 saturated carbocycles. The largest absolute Gasteiger partial charge is 0.377 e. The van der Waals surface area contributed by atoms with E-state index in [2.05, 4.69) is 26.6 Å². The Hall–Kier alpha value is -2.94. The Balaban J connectivity index is 2.09. The molecule has 0 aromatic heterocycles. The molecule has 0 saturated heterocycles. The molecule has 2 N–H and O–H groups in total. The van der Waals surface area contributed by atoms with E-state index in [1.165, 1.54) is 18.2 Å². The van der Waals surface area contributed by atoms with Crippen LogP contribution in [0, 0.1) is 17.0 Å². The van der Waals surface area contributed by atoms with Crippen LogP contribution in [0.4, 0.5) is 17.1 Å². The van der Waals surface area contributed by atoms with Crippen molar-refractivity contribution in [1.82, 2.24) is 5.32 Å². The van der Waals surface area contributed by atoms with Crippen molar-refractivity contribution in [3.63, 3.8) is 0 Å². The fourth-order valence-electron chi connectivity index (χ4n) is 2.43. The Bertz CT molecular complexity index is 899. The van der Waals surface area contributed by atoms with E-state index >= 15 is 0 Å². The second-order valence-corrected chi connectivity index (χ2v) is 6.96. The first-order valence-electron chi connectivity index (χ1n) is 7.99. The lowest BCUT2D eigenvalue weighted by molar-refractivity contribution is -0.384. The molecule has 142 valence electrons. The third kappa shape index (κ3) is 5.27. The van der Waals surface area contributed by atoms with E-state index in [1.807, 2.05) is 13.0 Å². The zero-order chi connectivity index (χ0) is 20.1. The van der Waals surface area contributed by atoms with Gasteiger partial charge in [0.15, 0.2) is 0 Å². The molecule has 0 unspecified atom stereocenters. The molecule has 2 aromatic rings. The van der Waals surface area contributed by atoms with E-state index in [9.17, 15) is 19.7 Å². The average Bonchev–Trinajstić information content (AvgIpc) is 2.61. The minimum Gasteiger partial charge on any atom is -0.377 e. The van der Waals surface area contributed by atoms with Gasteiger partial charge in [-0.25, -0.2) is 0 Å². The van der Waals surface area contributed by atoms with E-state index < -0.39 is 16.7 Å². The van der Waals surface area contributed by atoms with Crippen LogP contribution in [0.3, 0.4) is 0 Å². The Morgan fingerprint density at radius 3 is 2.48 bits per heavy atom. The maximum absolute atomic E-state index is 12.5. The zero-order valence-corrected chi connectivity index (χ0v) is 16.7. The molecule has 8 nitrogen and oxygen atoms in total. The van der Waals surface area contributed by atoms with Crippen molar-refractivity contribution < 1.29 is 14.5 Å². The molecule has 0 fully saturated rings. The van der Waals surface area contributed by atoms with E-state index in [4.69, 9.17) is 0 Å². The predicted octanol–water partition coefficient (Wildman–Crippen LogP) is 3.10. The Labute approximate surface area is 164 Å². The number of carbonyl (C=O) groups excluding carboxylic acids is 2. The van der Waals surface area contributed by atoms with Crippen LogP contribution in [0.5, 0.6) is 0 Å². The first-order valence-corrected chi connectivity index (χ1v) is 8.78. The summed E-state index contributed by atoms with van der Waals surface area (Å²) in [7, 11) is 3.45. The highest BCUT2D eigenvalue weighted by atomic mass is 79.9. The molecule has 2 aromatic carbocycles. The second kappa shape index (κ2) is 8.63. The van der Waals surface area contributed by atoms with Gasteiger partial charge < -0.3 is 15.5 Å². The van der Waals surface area contributed by atoms with Crippen molar-refractivity contribution in [2.24, 2.45) is 0 Å². The number of non-ortho nitro benzene ring substituents is 1. The lowest BCUT2D eigenvalue weighted by Gasteiger charge is -2.17. The van der Waals surface area contributed by atoms with Crippen molar-refractivity contribution in [3.8, 4) is 0 Å². The maximum Gasteiger partial charge on any atom is 0.270 e. The van der Waals surface area contributed by atoms with E-state index in [0.29, 0.717) is 11.4 Å². The first-order chi connectivity index (χ1) is 12.7. The number of halogens is 1. The lowest BCUT2D eigenvalue weighted by atomic mass is 10.1. The monoisotopic (exact) mass is 434 g/mol. The quantitative estimate of drug-likeness (QED) is 0.536. The Morgan fingerprint density at radius 1 is 1.19 bits per heavy atom. The summed E-state index contributed by atoms with van der Waals surface area (Å²) in [6.07, 6.45) is 0. The number of nitrogens with zero attached hydrogens (tertiary/aromatic N) is 2. The van der Waals surface area contributed by atoms with Crippen molar-refractivity contribution in [2.75, 3.05) is 30.9 Å². The molecule has 0 spiro atoms. The number of rotatable bonds is 6. The topological polar surface area (TPSA) is 105 Å². The van der Waals surface area contributed by atoms with Crippen molar-refractivity contribution >= 4 is 44.8 Å². The second-order valence-electron chi connectivity index (χ2n) is 6.04. The molecular formula is C18H19BrN4O4. The molecule has 0 aliphatic rings. The summed E-state index contributed by atoms with van der Waals surface area (Å²) in [5.41, 5.74) is 1.96. The normalized spacial score (nSPS) is 10.2. The molecule has 2 rings (SSSR count). The Morgan fingerprint density at radius 2 is 1.89 bits per heavy atom. The number of nitro groups is 1. The highest BCUT2D eigenvalue weighted by molar-refractivity contribution is 9.10. The van der Waals surface area contributed by atoms with Crippen LogP contribution >= 0.6 is 15.9 Å². The van der Waals surface area contributed by atoms with Crippen molar-refractivity contribution in [1.29, 1.82) is 0 Å². The molecular weight excluding hydrogens is 416 g/mol. The lowest BCUT2D eigenvalue weighted by Crippen LogP contribution is -2.33. The highest BCUT2D eigenvalue weighted by Crippen LogP contribution is 2.24. The molecule has 0 bridgehead atoms. The molecule has 27 heavy (non-hydrogen) atoms. The average molecular weight is 435 g/mol. The number of amides is 2. The molecule has 0 radical (unpaired) electrons. The van der Waals surface area contributed by atoms with Gasteiger partial charge in [-0.05, 0) is 36.8 Å². The summed E-state index contributed by atoms with van der Waals surface area (Å²) in [6, 6.07) is 9.44. The van der Waals surface area contributed by atoms with Gasteiger partial charge in [-0.15, -0.1) is 0 Å². The summed E-state index contributed by atoms with van der Waals surface area (Å²) in [5.74, 6) is -0.962. The fourth-order valence-corrected chi connectivity index (χ4v) is 2.90. The molecule has 0 aliphatic heterocycles. The van der Waals surface area contributed by atoms with Crippen LogP contribution in [0.15, 0.2) is 40.9 Å². The minimum absolute atomic E-state index is 0.127. The van der Waals surface area contributed by atoms with Crippen LogP contribution in [0.25, 0.3) is 0 Å². The summed E-state index contributed by atoms with van der Waals surface area (Å²) < 4.78 is 0.896. The maximum atomic E-state index is 12.5. The van der Waals surface area contributed by atoms with E-state index in [1.54, 1.807) is 31.1 Å². The van der Waals surface area contributed by atoms with E-state index in [0.717, 1.165) is 10.0 Å². The van der Waals surface area contributed by atoms with Crippen molar-refractivity contribution in [2.45, 2.75) is 6.92 Å². The summed E-state index contributed by atoms with van der Waals surface area (Å²) in [5, 5.41) is 16.2.